The maximum absolute atomic E-state index is 12.9. The second-order valence-corrected chi connectivity index (χ2v) is 4.68. The number of hydrogen-bond donors (Lipinski definition) is 1. The summed E-state index contributed by atoms with van der Waals surface area (Å²) < 4.78 is 45.1. The third kappa shape index (κ3) is 4.56. The van der Waals surface area contributed by atoms with Crippen molar-refractivity contribution >= 4 is 11.6 Å². The minimum atomic E-state index is -4.49. The Morgan fingerprint density at radius 2 is 2.17 bits per heavy atom. The third-order valence-corrected chi connectivity index (χ3v) is 3.03. The van der Waals surface area contributed by atoms with E-state index in [4.69, 9.17) is 4.74 Å². The number of nitrogens with zero attached hydrogens (tertiary/aromatic N) is 2. The Kier molecular flexibility index (Phi) is 5.38. The maximum Gasteiger partial charge on any atom is 0.416 e. The quantitative estimate of drug-likeness (QED) is 0.829. The molecule has 1 aromatic carbocycles. The van der Waals surface area contributed by atoms with E-state index in [-0.39, 0.29) is 18.7 Å². The van der Waals surface area contributed by atoms with Crippen LogP contribution in [0.4, 0.5) is 18.9 Å². The molecular formula is C15H16F3N3O2. The van der Waals surface area contributed by atoms with E-state index in [9.17, 15) is 18.0 Å². The van der Waals surface area contributed by atoms with Crippen molar-refractivity contribution in [3.63, 3.8) is 0 Å². The predicted molar refractivity (Wildman–Crippen MR) is 78.3 cm³/mol. The zero-order chi connectivity index (χ0) is 16.9. The molecule has 5 nitrogen and oxygen atoms in total. The molecule has 1 N–H and O–H groups in total. The standard InChI is InChI=1S/C15H16F3N3O2/c1-2-23-9-6-14(22)20-12-10-11(15(16,17)18)4-5-13(12)21-8-3-7-19-21/h3-5,7-8,10H,2,6,9H2,1H3,(H,20,22). The van der Waals surface area contributed by atoms with Crippen molar-refractivity contribution in [2.75, 3.05) is 18.5 Å². The van der Waals surface area contributed by atoms with Gasteiger partial charge in [0.2, 0.25) is 5.91 Å². The molecule has 0 saturated heterocycles. The van der Waals surface area contributed by atoms with Gasteiger partial charge in [0.15, 0.2) is 0 Å². The number of alkyl halides is 3. The zero-order valence-electron chi connectivity index (χ0n) is 12.4. The highest BCUT2D eigenvalue weighted by atomic mass is 19.4. The van der Waals surface area contributed by atoms with Crippen LogP contribution in [0.3, 0.4) is 0 Å². The summed E-state index contributed by atoms with van der Waals surface area (Å²) in [6.45, 7) is 2.47. The average Bonchev–Trinajstić information content (AvgIpc) is 3.00. The molecule has 8 heteroatoms. The van der Waals surface area contributed by atoms with Gasteiger partial charge in [-0.25, -0.2) is 4.68 Å². The molecule has 23 heavy (non-hydrogen) atoms. The van der Waals surface area contributed by atoms with E-state index in [1.807, 2.05) is 0 Å². The van der Waals surface area contributed by atoms with E-state index in [2.05, 4.69) is 10.4 Å². The van der Waals surface area contributed by atoms with Gasteiger partial charge in [0.25, 0.3) is 0 Å². The number of anilines is 1. The Labute approximate surface area is 131 Å². The molecule has 0 spiro atoms. The van der Waals surface area contributed by atoms with Gasteiger partial charge >= 0.3 is 6.18 Å². The highest BCUT2D eigenvalue weighted by Crippen LogP contribution is 2.33. The highest BCUT2D eigenvalue weighted by Gasteiger charge is 2.31. The van der Waals surface area contributed by atoms with E-state index in [1.165, 1.54) is 16.9 Å². The Morgan fingerprint density at radius 1 is 1.39 bits per heavy atom. The monoisotopic (exact) mass is 327 g/mol. The van der Waals surface area contributed by atoms with E-state index in [0.29, 0.717) is 12.3 Å². The molecule has 0 atom stereocenters. The topological polar surface area (TPSA) is 56.1 Å². The van der Waals surface area contributed by atoms with Crippen LogP contribution in [0.15, 0.2) is 36.7 Å². The number of ether oxygens (including phenoxy) is 1. The van der Waals surface area contributed by atoms with Crippen molar-refractivity contribution < 1.29 is 22.7 Å². The van der Waals surface area contributed by atoms with Crippen LogP contribution >= 0.6 is 0 Å². The van der Waals surface area contributed by atoms with E-state index in [1.54, 1.807) is 19.2 Å². The Hall–Kier alpha value is -2.35. The minimum absolute atomic E-state index is 0.0463. The van der Waals surface area contributed by atoms with Crippen LogP contribution in [-0.2, 0) is 15.7 Å². The van der Waals surface area contributed by atoms with Gasteiger partial charge < -0.3 is 10.1 Å². The highest BCUT2D eigenvalue weighted by molar-refractivity contribution is 5.93. The lowest BCUT2D eigenvalue weighted by Gasteiger charge is -2.14. The first kappa shape index (κ1) is 17.0. The number of halogens is 3. The van der Waals surface area contributed by atoms with Gasteiger partial charge in [-0.15, -0.1) is 0 Å². The lowest BCUT2D eigenvalue weighted by atomic mass is 10.1. The van der Waals surface area contributed by atoms with Crippen molar-refractivity contribution in [3.8, 4) is 5.69 Å². The summed E-state index contributed by atoms with van der Waals surface area (Å²) in [6.07, 6.45) is -1.35. The van der Waals surface area contributed by atoms with Crippen molar-refractivity contribution in [1.82, 2.24) is 9.78 Å². The summed E-state index contributed by atoms with van der Waals surface area (Å²) in [4.78, 5) is 11.9. The van der Waals surface area contributed by atoms with Crippen LogP contribution in [0.5, 0.6) is 0 Å². The predicted octanol–water partition coefficient (Wildman–Crippen LogP) is 3.26. The fraction of sp³-hybridized carbons (Fsp3) is 0.333. The molecule has 0 aliphatic rings. The third-order valence-electron chi connectivity index (χ3n) is 3.03. The SMILES string of the molecule is CCOCCC(=O)Nc1cc(C(F)(F)F)ccc1-n1cccn1. The number of carbonyl (C=O) groups is 1. The number of nitrogens with one attached hydrogen (secondary N) is 1. The van der Waals surface area contributed by atoms with Gasteiger partial charge in [0, 0.05) is 19.0 Å². The Morgan fingerprint density at radius 3 is 2.78 bits per heavy atom. The minimum Gasteiger partial charge on any atom is -0.381 e. The lowest BCUT2D eigenvalue weighted by Crippen LogP contribution is -2.17. The van der Waals surface area contributed by atoms with Gasteiger partial charge in [-0.2, -0.15) is 18.3 Å². The first-order valence-electron chi connectivity index (χ1n) is 7.00. The molecule has 1 amide bonds. The largest absolute Gasteiger partial charge is 0.416 e. The molecule has 1 heterocycles. The molecule has 2 aromatic rings. The molecule has 1 aromatic heterocycles. The molecule has 0 aliphatic heterocycles. The Balaban J connectivity index is 2.28. The zero-order valence-corrected chi connectivity index (χ0v) is 12.4. The van der Waals surface area contributed by atoms with Crippen LogP contribution < -0.4 is 5.32 Å². The molecule has 0 aliphatic carbocycles. The van der Waals surface area contributed by atoms with Gasteiger partial charge in [-0.3, -0.25) is 4.79 Å². The van der Waals surface area contributed by atoms with Gasteiger partial charge in [-0.1, -0.05) is 0 Å². The van der Waals surface area contributed by atoms with Crippen LogP contribution in [0.1, 0.15) is 18.9 Å². The molecule has 0 unspecified atom stereocenters. The maximum atomic E-state index is 12.9. The fourth-order valence-electron chi connectivity index (χ4n) is 1.95. The summed E-state index contributed by atoms with van der Waals surface area (Å²) in [5, 5.41) is 6.47. The summed E-state index contributed by atoms with van der Waals surface area (Å²) in [7, 11) is 0. The van der Waals surface area contributed by atoms with E-state index >= 15 is 0 Å². The van der Waals surface area contributed by atoms with Gasteiger partial charge in [0.05, 0.1) is 30.0 Å². The van der Waals surface area contributed by atoms with Crippen LogP contribution in [0.2, 0.25) is 0 Å². The average molecular weight is 327 g/mol. The molecule has 0 saturated carbocycles. The number of amides is 1. The second-order valence-electron chi connectivity index (χ2n) is 4.68. The number of benzene rings is 1. The molecule has 2 rings (SSSR count). The van der Waals surface area contributed by atoms with Crippen molar-refractivity contribution in [2.45, 2.75) is 19.5 Å². The van der Waals surface area contributed by atoms with Gasteiger partial charge in [-0.05, 0) is 31.2 Å². The first-order valence-corrected chi connectivity index (χ1v) is 7.00. The summed E-state index contributed by atoms with van der Waals surface area (Å²) in [5.41, 5.74) is -0.439. The summed E-state index contributed by atoms with van der Waals surface area (Å²) in [6, 6.07) is 4.76. The van der Waals surface area contributed by atoms with Crippen LogP contribution in [0.25, 0.3) is 5.69 Å². The fourth-order valence-corrected chi connectivity index (χ4v) is 1.95. The molecular weight excluding hydrogens is 311 g/mol. The van der Waals surface area contributed by atoms with Crippen molar-refractivity contribution in [1.29, 1.82) is 0 Å². The normalized spacial score (nSPS) is 11.5. The first-order chi connectivity index (χ1) is 10.9. The van der Waals surface area contributed by atoms with E-state index in [0.717, 1.165) is 12.1 Å². The number of rotatable bonds is 6. The molecule has 124 valence electrons. The summed E-state index contributed by atoms with van der Waals surface area (Å²) >= 11 is 0. The number of hydrogen-bond acceptors (Lipinski definition) is 3. The molecule has 0 fully saturated rings. The smallest absolute Gasteiger partial charge is 0.381 e. The number of carbonyl (C=O) groups excluding carboxylic acids is 1. The summed E-state index contributed by atoms with van der Waals surface area (Å²) in [5.74, 6) is -0.425. The van der Waals surface area contributed by atoms with Gasteiger partial charge in [0.1, 0.15) is 0 Å². The van der Waals surface area contributed by atoms with Crippen LogP contribution in [-0.4, -0.2) is 28.9 Å². The van der Waals surface area contributed by atoms with Crippen molar-refractivity contribution in [2.24, 2.45) is 0 Å². The Bertz CT molecular complexity index is 654. The van der Waals surface area contributed by atoms with E-state index < -0.39 is 17.6 Å². The second kappa shape index (κ2) is 7.28. The molecule has 0 bridgehead atoms. The van der Waals surface area contributed by atoms with Crippen molar-refractivity contribution in [3.05, 3.63) is 42.2 Å². The van der Waals surface area contributed by atoms with Crippen LogP contribution in [0, 0.1) is 0 Å². The lowest BCUT2D eigenvalue weighted by molar-refractivity contribution is -0.137. The molecule has 0 radical (unpaired) electrons. The number of aromatic nitrogens is 2.